The molecule has 1 aromatic carbocycles. The summed E-state index contributed by atoms with van der Waals surface area (Å²) in [6, 6.07) is 1.72. The van der Waals surface area contributed by atoms with Crippen molar-refractivity contribution in [3.05, 3.63) is 29.3 Å². The fraction of sp³-hybridized carbons (Fsp3) is 0.400. The second-order valence-corrected chi connectivity index (χ2v) is 3.29. The number of halogens is 2. The van der Waals surface area contributed by atoms with Gasteiger partial charge in [0, 0.05) is 17.8 Å². The van der Waals surface area contributed by atoms with Gasteiger partial charge in [0.15, 0.2) is 11.6 Å². The van der Waals surface area contributed by atoms with Crippen molar-refractivity contribution >= 4 is 5.69 Å². The molecule has 0 aliphatic heterocycles. The van der Waals surface area contributed by atoms with E-state index in [-0.39, 0.29) is 11.7 Å². The van der Waals surface area contributed by atoms with Crippen LogP contribution in [0, 0.1) is 11.6 Å². The van der Waals surface area contributed by atoms with Crippen LogP contribution in [0.15, 0.2) is 12.1 Å². The Kier molecular flexibility index (Phi) is 3.41. The van der Waals surface area contributed by atoms with Gasteiger partial charge in [0.05, 0.1) is 0 Å². The molecule has 0 spiro atoms. The van der Waals surface area contributed by atoms with Gasteiger partial charge in [-0.1, -0.05) is 13.3 Å². The molecule has 4 N–H and O–H groups in total. The normalized spacial score (nSPS) is 12.9. The Labute approximate surface area is 81.9 Å². The third-order valence-electron chi connectivity index (χ3n) is 2.13. The molecule has 2 nitrogen and oxygen atoms in total. The van der Waals surface area contributed by atoms with Crippen molar-refractivity contribution < 1.29 is 8.78 Å². The van der Waals surface area contributed by atoms with Crippen molar-refractivity contribution in [2.75, 3.05) is 5.73 Å². The summed E-state index contributed by atoms with van der Waals surface area (Å²) in [5.41, 5.74) is 12.0. The fourth-order valence-corrected chi connectivity index (χ4v) is 1.37. The molecule has 1 atom stereocenters. The molecule has 4 heteroatoms. The Hall–Kier alpha value is -1.16. The largest absolute Gasteiger partial charge is 0.398 e. The molecule has 78 valence electrons. The average molecular weight is 200 g/mol. The predicted octanol–water partition coefficient (Wildman–Crippen LogP) is 2.35. The predicted molar refractivity (Wildman–Crippen MR) is 52.6 cm³/mol. The summed E-state index contributed by atoms with van der Waals surface area (Å²) < 4.78 is 25.6. The van der Waals surface area contributed by atoms with Gasteiger partial charge in [-0.05, 0) is 18.1 Å². The second-order valence-electron chi connectivity index (χ2n) is 3.29. The first kappa shape index (κ1) is 10.9. The van der Waals surface area contributed by atoms with Crippen LogP contribution in [0.4, 0.5) is 14.5 Å². The highest BCUT2D eigenvalue weighted by Gasteiger charge is 2.12. The summed E-state index contributed by atoms with van der Waals surface area (Å²) in [6.07, 6.45) is 1.58. The van der Waals surface area contributed by atoms with Gasteiger partial charge in [-0.25, -0.2) is 8.78 Å². The average Bonchev–Trinajstić information content (AvgIpc) is 2.11. The molecule has 0 aromatic heterocycles. The number of benzene rings is 1. The summed E-state index contributed by atoms with van der Waals surface area (Å²) in [5.74, 6) is -1.84. The minimum atomic E-state index is -0.935. The zero-order valence-electron chi connectivity index (χ0n) is 8.06. The van der Waals surface area contributed by atoms with Crippen molar-refractivity contribution in [2.24, 2.45) is 5.73 Å². The van der Waals surface area contributed by atoms with Crippen molar-refractivity contribution in [2.45, 2.75) is 25.8 Å². The number of nitrogen functional groups attached to an aromatic ring is 1. The van der Waals surface area contributed by atoms with Crippen LogP contribution in [0.25, 0.3) is 0 Å². The lowest BCUT2D eigenvalue weighted by Crippen LogP contribution is -2.13. The SMILES string of the molecule is CCC[C@@H](N)c1cc(F)c(F)cc1N. The standard InChI is InChI=1S/C10H14F2N2/c1-2-3-9(13)6-4-7(11)8(12)5-10(6)14/h4-5,9H,2-3,13-14H2,1H3/t9-/m1/s1. The summed E-state index contributed by atoms with van der Waals surface area (Å²) >= 11 is 0. The highest BCUT2D eigenvalue weighted by atomic mass is 19.2. The van der Waals surface area contributed by atoms with Gasteiger partial charge < -0.3 is 11.5 Å². The number of anilines is 1. The van der Waals surface area contributed by atoms with Crippen LogP contribution in [-0.4, -0.2) is 0 Å². The van der Waals surface area contributed by atoms with E-state index in [0.717, 1.165) is 18.6 Å². The maximum atomic E-state index is 12.9. The van der Waals surface area contributed by atoms with Gasteiger partial charge in [-0.2, -0.15) is 0 Å². The molecule has 0 aliphatic carbocycles. The van der Waals surface area contributed by atoms with Crippen molar-refractivity contribution in [3.63, 3.8) is 0 Å². The molecule has 0 amide bonds. The molecule has 0 bridgehead atoms. The molecule has 0 fully saturated rings. The molecule has 0 saturated heterocycles. The topological polar surface area (TPSA) is 52.0 Å². The first-order valence-electron chi connectivity index (χ1n) is 4.56. The van der Waals surface area contributed by atoms with Crippen molar-refractivity contribution in [3.8, 4) is 0 Å². The second kappa shape index (κ2) is 4.37. The van der Waals surface area contributed by atoms with E-state index in [4.69, 9.17) is 11.5 Å². The van der Waals surface area contributed by atoms with Crippen LogP contribution >= 0.6 is 0 Å². The molecule has 0 heterocycles. The Morgan fingerprint density at radius 2 is 1.86 bits per heavy atom. The summed E-state index contributed by atoms with van der Waals surface area (Å²) in [7, 11) is 0. The van der Waals surface area contributed by atoms with Crippen LogP contribution in [0.1, 0.15) is 31.4 Å². The van der Waals surface area contributed by atoms with Crippen LogP contribution in [0.2, 0.25) is 0 Å². The van der Waals surface area contributed by atoms with Crippen LogP contribution < -0.4 is 11.5 Å². The van der Waals surface area contributed by atoms with E-state index in [1.165, 1.54) is 0 Å². The number of hydrogen-bond acceptors (Lipinski definition) is 2. The quantitative estimate of drug-likeness (QED) is 0.736. The minimum absolute atomic E-state index is 0.213. The van der Waals surface area contributed by atoms with Crippen LogP contribution in [0.5, 0.6) is 0 Å². The van der Waals surface area contributed by atoms with Gasteiger partial charge in [0.1, 0.15) is 0 Å². The molecule has 14 heavy (non-hydrogen) atoms. The van der Waals surface area contributed by atoms with Crippen molar-refractivity contribution in [1.29, 1.82) is 0 Å². The molecule has 1 aromatic rings. The van der Waals surface area contributed by atoms with E-state index < -0.39 is 11.6 Å². The maximum Gasteiger partial charge on any atom is 0.160 e. The van der Waals surface area contributed by atoms with Gasteiger partial charge >= 0.3 is 0 Å². The zero-order chi connectivity index (χ0) is 10.7. The van der Waals surface area contributed by atoms with E-state index in [0.29, 0.717) is 12.0 Å². The number of rotatable bonds is 3. The van der Waals surface area contributed by atoms with Gasteiger partial charge in [0.25, 0.3) is 0 Å². The first-order valence-corrected chi connectivity index (χ1v) is 4.56. The highest BCUT2D eigenvalue weighted by Crippen LogP contribution is 2.24. The van der Waals surface area contributed by atoms with Crippen LogP contribution in [-0.2, 0) is 0 Å². The number of nitrogens with two attached hydrogens (primary N) is 2. The number of hydrogen-bond donors (Lipinski definition) is 2. The lowest BCUT2D eigenvalue weighted by atomic mass is 10.0. The Balaban J connectivity index is 3.02. The summed E-state index contributed by atoms with van der Waals surface area (Å²) in [4.78, 5) is 0. The highest BCUT2D eigenvalue weighted by molar-refractivity contribution is 5.48. The Bertz CT molecular complexity index is 326. The molecule has 0 radical (unpaired) electrons. The lowest BCUT2D eigenvalue weighted by Gasteiger charge is -2.13. The Morgan fingerprint density at radius 3 is 2.43 bits per heavy atom. The van der Waals surface area contributed by atoms with Gasteiger partial charge in [-0.3, -0.25) is 0 Å². The van der Waals surface area contributed by atoms with Crippen LogP contribution in [0.3, 0.4) is 0 Å². The van der Waals surface area contributed by atoms with E-state index in [2.05, 4.69) is 0 Å². The summed E-state index contributed by atoms with van der Waals surface area (Å²) in [6.45, 7) is 1.97. The molecule has 0 saturated carbocycles. The molecule has 1 rings (SSSR count). The smallest absolute Gasteiger partial charge is 0.160 e. The first-order chi connectivity index (χ1) is 6.56. The van der Waals surface area contributed by atoms with Crippen molar-refractivity contribution in [1.82, 2.24) is 0 Å². The molecular weight excluding hydrogens is 186 g/mol. The Morgan fingerprint density at radius 1 is 1.29 bits per heavy atom. The molecular formula is C10H14F2N2. The lowest BCUT2D eigenvalue weighted by molar-refractivity contribution is 0.504. The molecule has 0 unspecified atom stereocenters. The minimum Gasteiger partial charge on any atom is -0.398 e. The third kappa shape index (κ3) is 2.20. The fourth-order valence-electron chi connectivity index (χ4n) is 1.37. The van der Waals surface area contributed by atoms with Gasteiger partial charge in [0.2, 0.25) is 0 Å². The summed E-state index contributed by atoms with van der Waals surface area (Å²) in [5, 5.41) is 0. The van der Waals surface area contributed by atoms with E-state index >= 15 is 0 Å². The van der Waals surface area contributed by atoms with E-state index in [9.17, 15) is 8.78 Å². The van der Waals surface area contributed by atoms with Gasteiger partial charge in [-0.15, -0.1) is 0 Å². The monoisotopic (exact) mass is 200 g/mol. The van der Waals surface area contributed by atoms with E-state index in [1.54, 1.807) is 0 Å². The molecule has 0 aliphatic rings. The van der Waals surface area contributed by atoms with E-state index in [1.807, 2.05) is 6.92 Å². The maximum absolute atomic E-state index is 12.9. The zero-order valence-corrected chi connectivity index (χ0v) is 8.06. The third-order valence-corrected chi connectivity index (χ3v) is 2.13.